The van der Waals surface area contributed by atoms with E-state index in [0.29, 0.717) is 31.4 Å². The molecule has 5 nitrogen and oxygen atoms in total. The number of benzene rings is 2. The van der Waals surface area contributed by atoms with Crippen LogP contribution in [-0.2, 0) is 4.79 Å². The Hall–Kier alpha value is -2.51. The molecule has 1 aromatic heterocycles. The number of ether oxygens (including phenoxy) is 1. The molecule has 0 unspecified atom stereocenters. The summed E-state index contributed by atoms with van der Waals surface area (Å²) in [6, 6.07) is 14.2. The van der Waals surface area contributed by atoms with E-state index in [1.807, 2.05) is 6.07 Å². The van der Waals surface area contributed by atoms with Crippen molar-refractivity contribution >= 4 is 27.5 Å². The minimum atomic E-state index is -0.333. The standard InChI is InChI=1S/C22H24FN3O2S/c23-17-4-3-5-18(14-17)28-13-10-24-21(27)15-26-11-8-16(9-12-26)22-25-19-6-1-2-7-20(19)29-22/h1-7,14,16H,8-13,15H2,(H,24,27). The van der Waals surface area contributed by atoms with Gasteiger partial charge in [-0.1, -0.05) is 18.2 Å². The average Bonchev–Trinajstić information content (AvgIpc) is 3.16. The van der Waals surface area contributed by atoms with Gasteiger partial charge < -0.3 is 10.1 Å². The third kappa shape index (κ3) is 5.31. The highest BCUT2D eigenvalue weighted by Crippen LogP contribution is 2.33. The largest absolute Gasteiger partial charge is 0.492 e. The van der Waals surface area contributed by atoms with Crippen molar-refractivity contribution in [3.05, 3.63) is 59.4 Å². The van der Waals surface area contributed by atoms with Crippen molar-refractivity contribution in [1.29, 1.82) is 0 Å². The number of halogens is 1. The van der Waals surface area contributed by atoms with Gasteiger partial charge in [0.05, 0.1) is 28.3 Å². The first-order valence-corrected chi connectivity index (χ1v) is 10.7. The van der Waals surface area contributed by atoms with Crippen LogP contribution in [0.5, 0.6) is 5.75 Å². The third-order valence-corrected chi connectivity index (χ3v) is 6.30. The van der Waals surface area contributed by atoms with Gasteiger partial charge in [0, 0.05) is 12.0 Å². The third-order valence-electron chi connectivity index (χ3n) is 5.10. The van der Waals surface area contributed by atoms with E-state index >= 15 is 0 Å². The molecular weight excluding hydrogens is 389 g/mol. The van der Waals surface area contributed by atoms with Gasteiger partial charge in [0.25, 0.3) is 0 Å². The maximum Gasteiger partial charge on any atom is 0.234 e. The summed E-state index contributed by atoms with van der Waals surface area (Å²) in [6.07, 6.45) is 2.05. The molecule has 2 aromatic carbocycles. The Morgan fingerprint density at radius 3 is 2.83 bits per heavy atom. The first-order valence-electron chi connectivity index (χ1n) is 9.90. The van der Waals surface area contributed by atoms with E-state index in [9.17, 15) is 9.18 Å². The number of fused-ring (bicyclic) bond motifs is 1. The van der Waals surface area contributed by atoms with Crippen LogP contribution in [0.4, 0.5) is 4.39 Å². The van der Waals surface area contributed by atoms with Gasteiger partial charge in [-0.2, -0.15) is 0 Å². The normalized spacial score (nSPS) is 15.5. The highest BCUT2D eigenvalue weighted by atomic mass is 32.1. The van der Waals surface area contributed by atoms with Crippen LogP contribution in [0.1, 0.15) is 23.8 Å². The molecule has 0 radical (unpaired) electrons. The monoisotopic (exact) mass is 413 g/mol. The number of rotatable bonds is 7. The Kier molecular flexibility index (Phi) is 6.36. The average molecular weight is 414 g/mol. The fraction of sp³-hybridized carbons (Fsp3) is 0.364. The number of hydrogen-bond acceptors (Lipinski definition) is 5. The van der Waals surface area contributed by atoms with Crippen LogP contribution < -0.4 is 10.1 Å². The molecule has 1 amide bonds. The van der Waals surface area contributed by atoms with Crippen molar-refractivity contribution in [3.63, 3.8) is 0 Å². The molecular formula is C22H24FN3O2S. The summed E-state index contributed by atoms with van der Waals surface area (Å²) in [5.41, 5.74) is 1.08. The van der Waals surface area contributed by atoms with E-state index in [0.717, 1.165) is 31.4 Å². The predicted octanol–water partition coefficient (Wildman–Crippen LogP) is 3.81. The molecule has 3 aromatic rings. The van der Waals surface area contributed by atoms with Crippen LogP contribution >= 0.6 is 11.3 Å². The predicted molar refractivity (Wildman–Crippen MR) is 113 cm³/mol. The first-order chi connectivity index (χ1) is 14.2. The van der Waals surface area contributed by atoms with Crippen molar-refractivity contribution < 1.29 is 13.9 Å². The molecule has 0 bridgehead atoms. The molecule has 7 heteroatoms. The van der Waals surface area contributed by atoms with Crippen LogP contribution in [0.3, 0.4) is 0 Å². The lowest BCUT2D eigenvalue weighted by atomic mass is 9.97. The van der Waals surface area contributed by atoms with E-state index in [2.05, 4.69) is 28.4 Å². The summed E-state index contributed by atoms with van der Waals surface area (Å²) < 4.78 is 19.8. The fourth-order valence-corrected chi connectivity index (χ4v) is 4.71. The number of aromatic nitrogens is 1. The second kappa shape index (κ2) is 9.33. The van der Waals surface area contributed by atoms with Crippen molar-refractivity contribution in [2.75, 3.05) is 32.8 Å². The number of likely N-dealkylation sites (tertiary alicyclic amines) is 1. The smallest absolute Gasteiger partial charge is 0.234 e. The summed E-state index contributed by atoms with van der Waals surface area (Å²) in [7, 11) is 0. The van der Waals surface area contributed by atoms with Crippen LogP contribution in [-0.4, -0.2) is 48.6 Å². The summed E-state index contributed by atoms with van der Waals surface area (Å²) in [4.78, 5) is 19.1. The number of amides is 1. The van der Waals surface area contributed by atoms with Gasteiger partial charge in [-0.15, -0.1) is 11.3 Å². The van der Waals surface area contributed by atoms with Gasteiger partial charge in [-0.3, -0.25) is 9.69 Å². The quantitative estimate of drug-likeness (QED) is 0.599. The van der Waals surface area contributed by atoms with E-state index in [-0.39, 0.29) is 11.7 Å². The fourth-order valence-electron chi connectivity index (χ4n) is 3.58. The van der Waals surface area contributed by atoms with Gasteiger partial charge in [-0.05, 0) is 50.2 Å². The number of nitrogens with zero attached hydrogens (tertiary/aromatic N) is 2. The number of nitrogens with one attached hydrogen (secondary N) is 1. The molecule has 0 spiro atoms. The SMILES string of the molecule is O=C(CN1CCC(c2nc3ccccc3s2)CC1)NCCOc1cccc(F)c1. The molecule has 1 N–H and O–H groups in total. The molecule has 0 aliphatic carbocycles. The minimum Gasteiger partial charge on any atom is -0.492 e. The Labute approximate surface area is 173 Å². The molecule has 4 rings (SSSR count). The zero-order valence-corrected chi connectivity index (χ0v) is 17.0. The van der Waals surface area contributed by atoms with Crippen molar-refractivity contribution in [3.8, 4) is 5.75 Å². The maximum absolute atomic E-state index is 13.1. The first kappa shape index (κ1) is 19.8. The Morgan fingerprint density at radius 1 is 1.21 bits per heavy atom. The number of thiazole rings is 1. The highest BCUT2D eigenvalue weighted by molar-refractivity contribution is 7.18. The lowest BCUT2D eigenvalue weighted by Crippen LogP contribution is -2.42. The van der Waals surface area contributed by atoms with Crippen molar-refractivity contribution in [2.24, 2.45) is 0 Å². The van der Waals surface area contributed by atoms with Crippen LogP contribution in [0.15, 0.2) is 48.5 Å². The summed E-state index contributed by atoms with van der Waals surface area (Å²) in [6.45, 7) is 2.90. The van der Waals surface area contributed by atoms with Crippen molar-refractivity contribution in [1.82, 2.24) is 15.2 Å². The second-order valence-electron chi connectivity index (χ2n) is 7.23. The summed E-state index contributed by atoms with van der Waals surface area (Å²) in [5.74, 6) is 0.606. The molecule has 2 heterocycles. The number of carbonyl (C=O) groups excluding carboxylic acids is 1. The molecule has 0 atom stereocenters. The van der Waals surface area contributed by atoms with Gasteiger partial charge in [0.2, 0.25) is 5.91 Å². The molecule has 0 saturated carbocycles. The maximum atomic E-state index is 13.1. The molecule has 1 aliphatic rings. The van der Waals surface area contributed by atoms with Crippen LogP contribution in [0.2, 0.25) is 0 Å². The number of piperidine rings is 1. The Balaban J connectivity index is 1.17. The van der Waals surface area contributed by atoms with Gasteiger partial charge in [0.15, 0.2) is 0 Å². The zero-order chi connectivity index (χ0) is 20.1. The number of hydrogen-bond donors (Lipinski definition) is 1. The number of carbonyl (C=O) groups is 1. The molecule has 152 valence electrons. The van der Waals surface area contributed by atoms with Crippen LogP contribution in [0, 0.1) is 5.82 Å². The van der Waals surface area contributed by atoms with E-state index in [1.54, 1.807) is 23.5 Å². The molecule has 1 aliphatic heterocycles. The van der Waals surface area contributed by atoms with Gasteiger partial charge >= 0.3 is 0 Å². The lowest BCUT2D eigenvalue weighted by Gasteiger charge is -2.30. The molecule has 29 heavy (non-hydrogen) atoms. The zero-order valence-electron chi connectivity index (χ0n) is 16.1. The van der Waals surface area contributed by atoms with Gasteiger partial charge in [0.1, 0.15) is 18.2 Å². The number of para-hydroxylation sites is 1. The topological polar surface area (TPSA) is 54.5 Å². The molecule has 1 fully saturated rings. The Morgan fingerprint density at radius 2 is 2.03 bits per heavy atom. The van der Waals surface area contributed by atoms with E-state index in [1.165, 1.54) is 21.8 Å². The minimum absolute atomic E-state index is 0.00807. The van der Waals surface area contributed by atoms with Crippen molar-refractivity contribution in [2.45, 2.75) is 18.8 Å². The Bertz CT molecular complexity index is 936. The summed E-state index contributed by atoms with van der Waals surface area (Å²) >= 11 is 1.79. The van der Waals surface area contributed by atoms with Gasteiger partial charge in [-0.25, -0.2) is 9.37 Å². The summed E-state index contributed by atoms with van der Waals surface area (Å²) in [5, 5.41) is 4.08. The second-order valence-corrected chi connectivity index (χ2v) is 8.29. The molecule has 1 saturated heterocycles. The van der Waals surface area contributed by atoms with E-state index < -0.39 is 0 Å². The van der Waals surface area contributed by atoms with Crippen LogP contribution in [0.25, 0.3) is 10.2 Å². The highest BCUT2D eigenvalue weighted by Gasteiger charge is 2.24. The lowest BCUT2D eigenvalue weighted by molar-refractivity contribution is -0.122. The van der Waals surface area contributed by atoms with E-state index in [4.69, 9.17) is 9.72 Å².